The summed E-state index contributed by atoms with van der Waals surface area (Å²) in [5.41, 5.74) is 1.74. The average Bonchev–Trinajstić information content (AvgIpc) is 3.21. The van der Waals surface area contributed by atoms with Crippen molar-refractivity contribution in [3.05, 3.63) is 70.7 Å². The van der Waals surface area contributed by atoms with Gasteiger partial charge >= 0.3 is 6.09 Å². The fourth-order valence-electron chi connectivity index (χ4n) is 3.62. The van der Waals surface area contributed by atoms with Crippen molar-refractivity contribution in [2.75, 3.05) is 6.54 Å². The molecular weight excluding hydrogens is 390 g/mol. The Morgan fingerprint density at radius 3 is 2.41 bits per heavy atom. The van der Waals surface area contributed by atoms with Gasteiger partial charge < -0.3 is 4.74 Å². The molecular formula is C23H24ClNO4. The number of hydrogen-bond donors (Lipinski definition) is 0. The summed E-state index contributed by atoms with van der Waals surface area (Å²) < 4.78 is 5.40. The third-order valence-corrected chi connectivity index (χ3v) is 5.46. The quantitative estimate of drug-likeness (QED) is 0.629. The van der Waals surface area contributed by atoms with E-state index in [1.807, 2.05) is 42.5 Å². The molecule has 29 heavy (non-hydrogen) atoms. The molecule has 1 aliphatic heterocycles. The number of amides is 1. The molecule has 3 rings (SSSR count). The Bertz CT molecular complexity index is 866. The first-order valence-electron chi connectivity index (χ1n) is 9.71. The highest BCUT2D eigenvalue weighted by molar-refractivity contribution is 6.30. The molecule has 152 valence electrons. The van der Waals surface area contributed by atoms with Crippen LogP contribution >= 0.6 is 11.6 Å². The van der Waals surface area contributed by atoms with E-state index in [-0.39, 0.29) is 18.2 Å². The summed E-state index contributed by atoms with van der Waals surface area (Å²) >= 11 is 5.91. The minimum absolute atomic E-state index is 0.151. The van der Waals surface area contributed by atoms with Gasteiger partial charge in [0.15, 0.2) is 5.78 Å². The van der Waals surface area contributed by atoms with Crippen molar-refractivity contribution in [2.24, 2.45) is 5.92 Å². The van der Waals surface area contributed by atoms with Crippen molar-refractivity contribution < 1.29 is 19.1 Å². The Kier molecular flexibility index (Phi) is 7.04. The van der Waals surface area contributed by atoms with E-state index >= 15 is 0 Å². The summed E-state index contributed by atoms with van der Waals surface area (Å²) in [6.45, 7) is 2.03. The van der Waals surface area contributed by atoms with Gasteiger partial charge in [0, 0.05) is 11.6 Å². The number of ketones is 2. The van der Waals surface area contributed by atoms with Crippen LogP contribution in [0.1, 0.15) is 30.9 Å². The standard InChI is InChI=1S/C23H24ClNO4/c1-16(26)20(14-17-9-11-19(24)12-10-17)22(27)21-8-5-13-25(21)23(28)29-15-18-6-3-2-4-7-18/h2-4,6-7,9-12,20-21H,5,8,13-15H2,1H3/t20?,21-/m0/s1. The number of carbonyl (C=O) groups excluding carboxylic acids is 3. The largest absolute Gasteiger partial charge is 0.445 e. The van der Waals surface area contributed by atoms with Gasteiger partial charge in [-0.15, -0.1) is 0 Å². The average molecular weight is 414 g/mol. The molecule has 0 aromatic heterocycles. The van der Waals surface area contributed by atoms with E-state index in [2.05, 4.69) is 0 Å². The van der Waals surface area contributed by atoms with Gasteiger partial charge in [-0.3, -0.25) is 14.5 Å². The Morgan fingerprint density at radius 2 is 1.76 bits per heavy atom. The van der Waals surface area contributed by atoms with Gasteiger partial charge in [0.1, 0.15) is 12.4 Å². The minimum Gasteiger partial charge on any atom is -0.445 e. The fraction of sp³-hybridized carbons (Fsp3) is 0.348. The van der Waals surface area contributed by atoms with Crippen LogP contribution in [0.25, 0.3) is 0 Å². The van der Waals surface area contributed by atoms with Crippen LogP contribution in [-0.4, -0.2) is 35.1 Å². The van der Waals surface area contributed by atoms with Gasteiger partial charge in [-0.2, -0.15) is 0 Å². The molecule has 1 aliphatic rings. The van der Waals surface area contributed by atoms with E-state index in [9.17, 15) is 14.4 Å². The second-order valence-corrected chi connectivity index (χ2v) is 7.72. The molecule has 1 saturated heterocycles. The molecule has 1 fully saturated rings. The lowest BCUT2D eigenvalue weighted by Gasteiger charge is -2.26. The van der Waals surface area contributed by atoms with Crippen molar-refractivity contribution in [1.29, 1.82) is 0 Å². The molecule has 2 aromatic rings. The first kappa shape index (κ1) is 21.1. The summed E-state index contributed by atoms with van der Waals surface area (Å²) in [6, 6.07) is 15.9. The van der Waals surface area contributed by atoms with Crippen LogP contribution in [0.2, 0.25) is 5.02 Å². The van der Waals surface area contributed by atoms with Gasteiger partial charge in [-0.05, 0) is 49.4 Å². The second-order valence-electron chi connectivity index (χ2n) is 7.29. The topological polar surface area (TPSA) is 63.7 Å². The van der Waals surface area contributed by atoms with Crippen LogP contribution in [0, 0.1) is 5.92 Å². The predicted octanol–water partition coefficient (Wildman–Crippen LogP) is 4.46. The number of rotatable bonds is 7. The molecule has 6 heteroatoms. The number of nitrogens with zero attached hydrogens (tertiary/aromatic N) is 1. The van der Waals surface area contributed by atoms with Crippen LogP contribution in [-0.2, 0) is 27.4 Å². The number of likely N-dealkylation sites (tertiary alicyclic amines) is 1. The molecule has 1 heterocycles. The van der Waals surface area contributed by atoms with Gasteiger partial charge in [-0.1, -0.05) is 54.1 Å². The van der Waals surface area contributed by atoms with Crippen molar-refractivity contribution >= 4 is 29.3 Å². The molecule has 1 amide bonds. The summed E-state index contributed by atoms with van der Waals surface area (Å²) in [5, 5.41) is 0.600. The molecule has 2 atom stereocenters. The van der Waals surface area contributed by atoms with E-state index in [1.54, 1.807) is 12.1 Å². The molecule has 1 unspecified atom stereocenters. The number of ether oxygens (including phenoxy) is 1. The highest BCUT2D eigenvalue weighted by Crippen LogP contribution is 2.25. The highest BCUT2D eigenvalue weighted by Gasteiger charge is 2.39. The SMILES string of the molecule is CC(=O)C(Cc1ccc(Cl)cc1)C(=O)[C@@H]1CCCN1C(=O)OCc1ccccc1. The number of carbonyl (C=O) groups is 3. The predicted molar refractivity (Wildman–Crippen MR) is 111 cm³/mol. The Balaban J connectivity index is 1.67. The number of hydrogen-bond acceptors (Lipinski definition) is 4. The van der Waals surface area contributed by atoms with Gasteiger partial charge in [0.25, 0.3) is 0 Å². The van der Waals surface area contributed by atoms with E-state index in [4.69, 9.17) is 16.3 Å². The Morgan fingerprint density at radius 1 is 1.07 bits per heavy atom. The van der Waals surface area contributed by atoms with E-state index in [0.717, 1.165) is 11.1 Å². The van der Waals surface area contributed by atoms with Gasteiger partial charge in [0.05, 0.1) is 12.0 Å². The third kappa shape index (κ3) is 5.45. The summed E-state index contributed by atoms with van der Waals surface area (Å²) in [6.07, 6.45) is 1.04. The maximum absolute atomic E-state index is 13.2. The maximum atomic E-state index is 13.2. The monoisotopic (exact) mass is 413 g/mol. The van der Waals surface area contributed by atoms with Crippen molar-refractivity contribution in [2.45, 2.75) is 38.8 Å². The normalized spacial score (nSPS) is 17.0. The van der Waals surface area contributed by atoms with Crippen LogP contribution in [0.4, 0.5) is 4.79 Å². The molecule has 0 saturated carbocycles. The van der Waals surface area contributed by atoms with Gasteiger partial charge in [-0.25, -0.2) is 4.79 Å². The summed E-state index contributed by atoms with van der Waals surface area (Å²) in [4.78, 5) is 39.4. The first-order valence-corrected chi connectivity index (χ1v) is 10.1. The zero-order chi connectivity index (χ0) is 20.8. The van der Waals surface area contributed by atoms with Crippen LogP contribution in [0.5, 0.6) is 0 Å². The molecule has 0 aliphatic carbocycles. The number of halogens is 1. The summed E-state index contributed by atoms with van der Waals surface area (Å²) in [7, 11) is 0. The smallest absolute Gasteiger partial charge is 0.410 e. The molecule has 0 bridgehead atoms. The summed E-state index contributed by atoms with van der Waals surface area (Å²) in [5.74, 6) is -1.21. The van der Waals surface area contributed by atoms with Crippen molar-refractivity contribution in [3.8, 4) is 0 Å². The third-order valence-electron chi connectivity index (χ3n) is 5.21. The first-order chi connectivity index (χ1) is 14.0. The lowest BCUT2D eigenvalue weighted by Crippen LogP contribution is -2.45. The second kappa shape index (κ2) is 9.70. The minimum atomic E-state index is -0.788. The molecule has 5 nitrogen and oxygen atoms in total. The van der Waals surface area contributed by atoms with Crippen LogP contribution < -0.4 is 0 Å². The van der Waals surface area contributed by atoms with Crippen molar-refractivity contribution in [1.82, 2.24) is 4.90 Å². The lowest BCUT2D eigenvalue weighted by atomic mass is 9.87. The Labute approximate surface area is 175 Å². The molecule has 2 aromatic carbocycles. The zero-order valence-corrected chi connectivity index (χ0v) is 17.1. The fourth-order valence-corrected chi connectivity index (χ4v) is 3.74. The van der Waals surface area contributed by atoms with E-state index < -0.39 is 18.1 Å². The maximum Gasteiger partial charge on any atom is 0.410 e. The molecule has 0 radical (unpaired) electrons. The van der Waals surface area contributed by atoms with E-state index in [1.165, 1.54) is 11.8 Å². The highest BCUT2D eigenvalue weighted by atomic mass is 35.5. The Hall–Kier alpha value is -2.66. The number of benzene rings is 2. The van der Waals surface area contributed by atoms with Crippen LogP contribution in [0.3, 0.4) is 0 Å². The number of Topliss-reactive ketones (excluding diaryl/α,β-unsaturated/α-hetero) is 2. The van der Waals surface area contributed by atoms with Gasteiger partial charge in [0.2, 0.25) is 0 Å². The molecule has 0 spiro atoms. The molecule has 0 N–H and O–H groups in total. The van der Waals surface area contributed by atoms with E-state index in [0.29, 0.717) is 30.8 Å². The van der Waals surface area contributed by atoms with Crippen molar-refractivity contribution in [3.63, 3.8) is 0 Å². The zero-order valence-electron chi connectivity index (χ0n) is 16.3. The van der Waals surface area contributed by atoms with Crippen LogP contribution in [0.15, 0.2) is 54.6 Å². The lowest BCUT2D eigenvalue weighted by molar-refractivity contribution is -0.134.